The summed E-state index contributed by atoms with van der Waals surface area (Å²) in [4.78, 5) is 7.13. The van der Waals surface area contributed by atoms with Crippen LogP contribution in [0.1, 0.15) is 33.6 Å². The Bertz CT molecular complexity index is 455. The van der Waals surface area contributed by atoms with Gasteiger partial charge in [0.2, 0.25) is 0 Å². The number of hydrogen-bond donors (Lipinski definition) is 2. The monoisotopic (exact) mass is 302 g/mol. The van der Waals surface area contributed by atoms with Crippen LogP contribution in [0.3, 0.4) is 0 Å². The Morgan fingerprint density at radius 1 is 1.32 bits per heavy atom. The first kappa shape index (κ1) is 16.7. The zero-order valence-corrected chi connectivity index (χ0v) is 14.2. The molecule has 122 valence electrons. The molecular formula is C18H30N4. The molecule has 2 rings (SSSR count). The van der Waals surface area contributed by atoms with E-state index in [2.05, 4.69) is 66.6 Å². The fourth-order valence-corrected chi connectivity index (χ4v) is 2.70. The lowest BCUT2D eigenvalue weighted by Crippen LogP contribution is -2.44. The van der Waals surface area contributed by atoms with Crippen molar-refractivity contribution in [3.05, 3.63) is 30.3 Å². The minimum absolute atomic E-state index is 0.469. The predicted octanol–water partition coefficient (Wildman–Crippen LogP) is 2.87. The van der Waals surface area contributed by atoms with E-state index in [9.17, 15) is 0 Å². The van der Waals surface area contributed by atoms with E-state index in [4.69, 9.17) is 4.99 Å². The molecule has 0 aromatic heterocycles. The van der Waals surface area contributed by atoms with Gasteiger partial charge < -0.3 is 15.5 Å². The lowest BCUT2D eigenvalue weighted by atomic mass is 10.1. The summed E-state index contributed by atoms with van der Waals surface area (Å²) < 4.78 is 0. The highest BCUT2D eigenvalue weighted by Crippen LogP contribution is 2.19. The van der Waals surface area contributed by atoms with E-state index in [-0.39, 0.29) is 0 Å². The van der Waals surface area contributed by atoms with Gasteiger partial charge in [-0.25, -0.2) is 0 Å². The Balaban J connectivity index is 1.86. The van der Waals surface area contributed by atoms with Crippen LogP contribution in [0.25, 0.3) is 0 Å². The maximum Gasteiger partial charge on any atom is 0.191 e. The van der Waals surface area contributed by atoms with Crippen molar-refractivity contribution in [2.24, 2.45) is 10.9 Å². The molecule has 1 atom stereocenters. The molecule has 0 spiro atoms. The lowest BCUT2D eigenvalue weighted by molar-refractivity contribution is 0.590. The molecule has 22 heavy (non-hydrogen) atoms. The smallest absolute Gasteiger partial charge is 0.191 e. The first-order chi connectivity index (χ1) is 10.7. The number of guanidine groups is 1. The van der Waals surface area contributed by atoms with Crippen LogP contribution >= 0.6 is 0 Å². The minimum Gasteiger partial charge on any atom is -0.369 e. The average Bonchev–Trinajstić information content (AvgIpc) is 2.96. The van der Waals surface area contributed by atoms with Crippen LogP contribution in [0.5, 0.6) is 0 Å². The van der Waals surface area contributed by atoms with Crippen molar-refractivity contribution in [1.82, 2.24) is 10.6 Å². The van der Waals surface area contributed by atoms with Crippen LogP contribution in [0.15, 0.2) is 35.3 Å². The van der Waals surface area contributed by atoms with Gasteiger partial charge in [-0.05, 0) is 37.8 Å². The maximum absolute atomic E-state index is 4.69. The lowest BCUT2D eigenvalue weighted by Gasteiger charge is -2.20. The topological polar surface area (TPSA) is 39.7 Å². The summed E-state index contributed by atoms with van der Waals surface area (Å²) >= 11 is 0. The van der Waals surface area contributed by atoms with E-state index in [0.717, 1.165) is 45.0 Å². The molecule has 0 amide bonds. The Morgan fingerprint density at radius 2 is 2.09 bits per heavy atom. The molecule has 1 aromatic rings. The maximum atomic E-state index is 4.69. The van der Waals surface area contributed by atoms with Crippen LogP contribution < -0.4 is 15.5 Å². The van der Waals surface area contributed by atoms with Gasteiger partial charge in [0, 0.05) is 37.9 Å². The van der Waals surface area contributed by atoms with Gasteiger partial charge in [-0.2, -0.15) is 0 Å². The molecule has 1 aliphatic rings. The summed E-state index contributed by atoms with van der Waals surface area (Å²) in [6.07, 6.45) is 2.29. The van der Waals surface area contributed by atoms with Crippen LogP contribution in [0.4, 0.5) is 5.69 Å². The molecule has 1 aromatic carbocycles. The molecule has 4 heteroatoms. The van der Waals surface area contributed by atoms with Gasteiger partial charge in [-0.15, -0.1) is 0 Å². The average molecular weight is 302 g/mol. The largest absolute Gasteiger partial charge is 0.369 e. The fourth-order valence-electron chi connectivity index (χ4n) is 2.70. The van der Waals surface area contributed by atoms with Crippen LogP contribution in [-0.4, -0.2) is 38.2 Å². The van der Waals surface area contributed by atoms with Crippen LogP contribution in [-0.2, 0) is 0 Å². The van der Waals surface area contributed by atoms with Gasteiger partial charge >= 0.3 is 0 Å². The summed E-state index contributed by atoms with van der Waals surface area (Å²) in [5.74, 6) is 1.66. The first-order valence-corrected chi connectivity index (χ1v) is 8.54. The normalized spacial score (nSPS) is 18.8. The molecule has 2 N–H and O–H groups in total. The van der Waals surface area contributed by atoms with Gasteiger partial charge in [0.15, 0.2) is 5.96 Å². The highest BCUT2D eigenvalue weighted by Gasteiger charge is 2.23. The van der Waals surface area contributed by atoms with Crippen molar-refractivity contribution in [2.45, 2.75) is 39.7 Å². The number of nitrogens with zero attached hydrogens (tertiary/aromatic N) is 2. The van der Waals surface area contributed by atoms with Gasteiger partial charge in [-0.3, -0.25) is 4.99 Å². The number of nitrogens with one attached hydrogen (secondary N) is 2. The summed E-state index contributed by atoms with van der Waals surface area (Å²) in [6, 6.07) is 11.1. The summed E-state index contributed by atoms with van der Waals surface area (Å²) in [5.41, 5.74) is 1.31. The van der Waals surface area contributed by atoms with Gasteiger partial charge in [0.25, 0.3) is 0 Å². The van der Waals surface area contributed by atoms with Gasteiger partial charge in [0.1, 0.15) is 0 Å². The molecular weight excluding hydrogens is 272 g/mol. The van der Waals surface area contributed by atoms with Gasteiger partial charge in [0.05, 0.1) is 0 Å². The Morgan fingerprint density at radius 3 is 2.77 bits per heavy atom. The zero-order valence-electron chi connectivity index (χ0n) is 14.2. The fraction of sp³-hybridized carbons (Fsp3) is 0.611. The molecule has 0 radical (unpaired) electrons. The second-order valence-corrected chi connectivity index (χ2v) is 6.35. The van der Waals surface area contributed by atoms with E-state index < -0.39 is 0 Å². The third-order valence-electron chi connectivity index (χ3n) is 3.97. The molecule has 4 nitrogen and oxygen atoms in total. The van der Waals surface area contributed by atoms with Gasteiger partial charge in [-0.1, -0.05) is 32.0 Å². The third-order valence-corrected chi connectivity index (χ3v) is 3.97. The van der Waals surface area contributed by atoms with Crippen molar-refractivity contribution in [3.63, 3.8) is 0 Å². The molecule has 1 aliphatic heterocycles. The summed E-state index contributed by atoms with van der Waals surface area (Å²) in [6.45, 7) is 10.5. The highest BCUT2D eigenvalue weighted by molar-refractivity contribution is 5.80. The number of para-hydroxylation sites is 1. The Labute approximate surface area is 135 Å². The predicted molar refractivity (Wildman–Crippen MR) is 95.6 cm³/mol. The Kier molecular flexibility index (Phi) is 6.56. The third kappa shape index (κ3) is 5.24. The quantitative estimate of drug-likeness (QED) is 0.627. The van der Waals surface area contributed by atoms with E-state index in [1.165, 1.54) is 5.69 Å². The van der Waals surface area contributed by atoms with E-state index in [1.54, 1.807) is 0 Å². The van der Waals surface area contributed by atoms with Crippen LogP contribution in [0.2, 0.25) is 0 Å². The zero-order chi connectivity index (χ0) is 15.8. The van der Waals surface area contributed by atoms with E-state index in [0.29, 0.717) is 12.0 Å². The SMILES string of the molecule is CCNC(=NCCC(C)C)NC1CCN(c2ccccc2)C1. The molecule has 1 saturated heterocycles. The first-order valence-electron chi connectivity index (χ1n) is 8.54. The molecule has 0 bridgehead atoms. The second kappa shape index (κ2) is 8.66. The molecule has 1 fully saturated rings. The molecule has 0 saturated carbocycles. The van der Waals surface area contributed by atoms with Crippen molar-refractivity contribution >= 4 is 11.6 Å². The number of benzene rings is 1. The highest BCUT2D eigenvalue weighted by atomic mass is 15.2. The van der Waals surface area contributed by atoms with Crippen molar-refractivity contribution in [3.8, 4) is 0 Å². The van der Waals surface area contributed by atoms with E-state index >= 15 is 0 Å². The summed E-state index contributed by atoms with van der Waals surface area (Å²) in [5, 5.41) is 6.95. The summed E-state index contributed by atoms with van der Waals surface area (Å²) in [7, 11) is 0. The van der Waals surface area contributed by atoms with Crippen molar-refractivity contribution in [2.75, 3.05) is 31.1 Å². The van der Waals surface area contributed by atoms with Crippen molar-refractivity contribution < 1.29 is 0 Å². The Hall–Kier alpha value is -1.71. The number of hydrogen-bond acceptors (Lipinski definition) is 2. The number of anilines is 1. The molecule has 0 aliphatic carbocycles. The van der Waals surface area contributed by atoms with E-state index in [1.807, 2.05) is 0 Å². The number of rotatable bonds is 6. The van der Waals surface area contributed by atoms with Crippen molar-refractivity contribution in [1.29, 1.82) is 0 Å². The number of aliphatic imine (C=N–C) groups is 1. The molecule has 1 heterocycles. The standard InChI is InChI=1S/C18H30N4/c1-4-19-18(20-12-10-15(2)3)21-16-11-13-22(14-16)17-8-6-5-7-9-17/h5-9,15-16H,4,10-14H2,1-3H3,(H2,19,20,21). The second-order valence-electron chi connectivity index (χ2n) is 6.35. The van der Waals surface area contributed by atoms with Crippen LogP contribution in [0, 0.1) is 5.92 Å². The minimum atomic E-state index is 0.469. The molecule has 1 unspecified atom stereocenters.